The van der Waals surface area contributed by atoms with Gasteiger partial charge in [-0.2, -0.15) is 10.5 Å². The van der Waals surface area contributed by atoms with Crippen molar-refractivity contribution in [3.63, 3.8) is 0 Å². The van der Waals surface area contributed by atoms with Crippen LogP contribution in [0.15, 0.2) is 73.7 Å². The molecule has 0 aliphatic heterocycles. The first-order valence-corrected chi connectivity index (χ1v) is 17.4. The Hall–Kier alpha value is -6.31. The number of benzene rings is 5. The van der Waals surface area contributed by atoms with Crippen LogP contribution in [0, 0.1) is 80.8 Å². The Balaban J connectivity index is 1.39. The fraction of sp³-hybridized carbons (Fsp3) is 0. The number of nitrogens with zero attached hydrogens (tertiary/aromatic N) is 2. The molecule has 19 heteroatoms. The number of hydrogen-bond donors (Lipinski definition) is 0. The fourth-order valence-corrected chi connectivity index (χ4v) is 9.07. The van der Waals surface area contributed by atoms with Crippen molar-refractivity contribution < 1.29 is 65.5 Å². The molecule has 0 N–H and O–H groups in total. The van der Waals surface area contributed by atoms with Crippen LogP contribution in [0.2, 0.25) is 0 Å². The molecule has 5 aromatic rings. The monoisotopic (exact) mass is 790 g/mol. The summed E-state index contributed by atoms with van der Waals surface area (Å²) in [5.74, 6) is -26.9. The van der Waals surface area contributed by atoms with Gasteiger partial charge in [0.15, 0.2) is 52.3 Å². The minimum absolute atomic E-state index is 0.000461. The highest BCUT2D eigenvalue weighted by molar-refractivity contribution is 7.91. The Morgan fingerprint density at radius 1 is 0.426 bits per heavy atom. The zero-order valence-corrected chi connectivity index (χ0v) is 27.3. The normalized spacial score (nSPS) is 12.9. The van der Waals surface area contributed by atoms with Gasteiger partial charge >= 0.3 is 0 Å². The van der Waals surface area contributed by atoms with Crippen molar-refractivity contribution >= 4 is 31.0 Å². The van der Waals surface area contributed by atoms with Gasteiger partial charge in [-0.3, -0.25) is 4.79 Å². The molecule has 0 bridgehead atoms. The summed E-state index contributed by atoms with van der Waals surface area (Å²) >= 11 is 0. The number of allylic oxidation sites excluding steroid dienone is 1. The van der Waals surface area contributed by atoms with E-state index in [2.05, 4.69) is 0 Å². The third-order valence-corrected chi connectivity index (χ3v) is 12.3. The van der Waals surface area contributed by atoms with Gasteiger partial charge in [0.2, 0.25) is 31.3 Å². The first-order chi connectivity index (χ1) is 25.3. The third kappa shape index (κ3) is 4.68. The molecule has 0 saturated carbocycles. The van der Waals surface area contributed by atoms with E-state index in [1.165, 1.54) is 12.1 Å². The van der Waals surface area contributed by atoms with Gasteiger partial charge in [0.1, 0.15) is 27.5 Å². The highest BCUT2D eigenvalue weighted by Crippen LogP contribution is 2.51. The molecule has 2 aliphatic carbocycles. The van der Waals surface area contributed by atoms with E-state index in [0.29, 0.717) is 18.2 Å². The largest absolute Gasteiger partial charge is 0.289 e. The van der Waals surface area contributed by atoms with Crippen molar-refractivity contribution in [2.75, 3.05) is 0 Å². The molecule has 0 unspecified atom stereocenters. The molecule has 0 spiro atoms. The Morgan fingerprint density at radius 3 is 1.17 bits per heavy atom. The van der Waals surface area contributed by atoms with Crippen LogP contribution in [0.5, 0.6) is 0 Å². The number of hydrogen-bond acceptors (Lipinski definition) is 7. The lowest BCUT2D eigenvalue weighted by Crippen LogP contribution is -2.13. The maximum Gasteiger partial charge on any atom is 0.212 e. The van der Waals surface area contributed by atoms with Gasteiger partial charge in [0.05, 0.1) is 9.79 Å². The van der Waals surface area contributed by atoms with Crippen molar-refractivity contribution in [1.29, 1.82) is 10.5 Å². The summed E-state index contributed by atoms with van der Waals surface area (Å²) < 4.78 is 194. The van der Waals surface area contributed by atoms with E-state index in [9.17, 15) is 76.1 Å². The molecule has 7 rings (SSSR count). The molecule has 0 fully saturated rings. The lowest BCUT2D eigenvalue weighted by molar-refractivity contribution is 0.104. The van der Waals surface area contributed by atoms with Crippen LogP contribution < -0.4 is 0 Å². The number of sulfone groups is 2. The summed E-state index contributed by atoms with van der Waals surface area (Å²) in [6.07, 6.45) is 0. The minimum atomic E-state index is -5.54. The molecular formula is C35H8F10N2O5S2. The number of carbonyl (C=O) groups excluding carboxylic acids is 1. The second-order valence-corrected chi connectivity index (χ2v) is 15.2. The number of ketones is 1. The standard InChI is InChI=1S/C35H8F10N2O5S2/c36-23-25(38)29(42)34(30(43)26(23)39)53(49,50)12-1-3-14-16-8-21-17(7-19(16)22(18(14)5-12)11(9-46)10-47)15-4-2-13(6-20(15)33(21)48)54(51,52)35-31(44)27(40)24(37)28(41)32(35)45/h1-8H. The number of rotatable bonds is 4. The number of carbonyl (C=O) groups is 1. The number of fused-ring (bicyclic) bond motifs is 6. The smallest absolute Gasteiger partial charge is 0.212 e. The quantitative estimate of drug-likeness (QED) is 0.0585. The average Bonchev–Trinajstić information content (AvgIpc) is 3.61. The van der Waals surface area contributed by atoms with Gasteiger partial charge in [-0.1, -0.05) is 12.1 Å². The first kappa shape index (κ1) is 36.1. The van der Waals surface area contributed by atoms with Crippen LogP contribution in [0.4, 0.5) is 43.9 Å². The van der Waals surface area contributed by atoms with Crippen molar-refractivity contribution in [2.24, 2.45) is 0 Å². The van der Waals surface area contributed by atoms with Gasteiger partial charge < -0.3 is 0 Å². The maximum absolute atomic E-state index is 14.6. The highest BCUT2D eigenvalue weighted by atomic mass is 32.2. The van der Waals surface area contributed by atoms with E-state index in [1.54, 1.807) is 12.1 Å². The Labute approximate surface area is 295 Å². The predicted octanol–water partition coefficient (Wildman–Crippen LogP) is 7.78. The van der Waals surface area contributed by atoms with E-state index < -0.39 is 114 Å². The van der Waals surface area contributed by atoms with Gasteiger partial charge in [0.25, 0.3) is 0 Å². The Bertz CT molecular complexity index is 2950. The van der Waals surface area contributed by atoms with E-state index in [-0.39, 0.29) is 44.5 Å². The predicted molar refractivity (Wildman–Crippen MR) is 161 cm³/mol. The number of halogens is 10. The van der Waals surface area contributed by atoms with Crippen molar-refractivity contribution in [3.05, 3.63) is 135 Å². The van der Waals surface area contributed by atoms with E-state index >= 15 is 0 Å². The first-order valence-electron chi connectivity index (χ1n) is 14.4. The Kier molecular flexibility index (Phi) is 7.91. The van der Waals surface area contributed by atoms with Crippen LogP contribution in [0.3, 0.4) is 0 Å². The summed E-state index contributed by atoms with van der Waals surface area (Å²) in [6, 6.07) is 10.4. The number of nitriles is 2. The summed E-state index contributed by atoms with van der Waals surface area (Å²) in [5, 5.41) is 19.6. The van der Waals surface area contributed by atoms with Gasteiger partial charge in [-0.05, 0) is 69.8 Å². The highest BCUT2D eigenvalue weighted by Gasteiger charge is 2.39. The van der Waals surface area contributed by atoms with Gasteiger partial charge in [-0.25, -0.2) is 60.7 Å². The zero-order valence-electron chi connectivity index (χ0n) is 25.7. The average molecular weight is 791 g/mol. The summed E-state index contributed by atoms with van der Waals surface area (Å²) in [6.45, 7) is 0. The molecule has 54 heavy (non-hydrogen) atoms. The molecule has 0 radical (unpaired) electrons. The molecule has 5 aromatic carbocycles. The molecule has 2 aliphatic rings. The van der Waals surface area contributed by atoms with E-state index in [0.717, 1.165) is 18.2 Å². The summed E-state index contributed by atoms with van der Waals surface area (Å²) in [5.41, 5.74) is -1.86. The second kappa shape index (κ2) is 11.9. The van der Waals surface area contributed by atoms with Crippen LogP contribution >= 0.6 is 0 Å². The lowest BCUT2D eigenvalue weighted by atomic mass is 9.95. The van der Waals surface area contributed by atoms with Crippen LogP contribution in [-0.4, -0.2) is 22.6 Å². The lowest BCUT2D eigenvalue weighted by Gasteiger charge is -2.11. The van der Waals surface area contributed by atoms with Crippen LogP contribution in [0.1, 0.15) is 27.0 Å². The van der Waals surface area contributed by atoms with Gasteiger partial charge in [-0.15, -0.1) is 0 Å². The Morgan fingerprint density at radius 2 is 0.741 bits per heavy atom. The van der Waals surface area contributed by atoms with Crippen molar-refractivity contribution in [1.82, 2.24) is 0 Å². The molecule has 270 valence electrons. The maximum atomic E-state index is 14.6. The third-order valence-electron chi connectivity index (χ3n) is 8.72. The molecule has 0 atom stereocenters. The van der Waals surface area contributed by atoms with Crippen LogP contribution in [0.25, 0.3) is 27.8 Å². The van der Waals surface area contributed by atoms with E-state index in [4.69, 9.17) is 0 Å². The SMILES string of the molecule is N#CC(C#N)=C1c2cc(S(=O)(=O)c3c(F)c(F)c(F)c(F)c3F)ccc2-c2cc3c(cc21)-c1ccc(S(=O)(=O)c2c(F)c(F)c(F)c(F)c2F)cc1C3=O. The van der Waals surface area contributed by atoms with Crippen molar-refractivity contribution in [3.8, 4) is 34.4 Å². The molecule has 0 saturated heterocycles. The molecule has 0 heterocycles. The zero-order chi connectivity index (χ0) is 39.5. The molecule has 7 nitrogen and oxygen atoms in total. The fourth-order valence-electron chi connectivity index (χ4n) is 6.26. The summed E-state index contributed by atoms with van der Waals surface area (Å²) in [7, 11) is -11.0. The van der Waals surface area contributed by atoms with Crippen LogP contribution in [-0.2, 0) is 19.7 Å². The second-order valence-electron chi connectivity index (χ2n) is 11.5. The molecule has 0 aromatic heterocycles. The topological polar surface area (TPSA) is 133 Å². The van der Waals surface area contributed by atoms with Crippen molar-refractivity contribution in [2.45, 2.75) is 19.6 Å². The minimum Gasteiger partial charge on any atom is -0.289 e. The van der Waals surface area contributed by atoms with E-state index in [1.807, 2.05) is 0 Å². The summed E-state index contributed by atoms with van der Waals surface area (Å²) in [4.78, 5) is 7.23. The van der Waals surface area contributed by atoms with Gasteiger partial charge in [0, 0.05) is 16.7 Å². The molecule has 0 amide bonds. The molecular weight excluding hydrogens is 783 g/mol.